The maximum Gasteiger partial charge on any atom is 0.270 e. The van der Waals surface area contributed by atoms with E-state index in [0.717, 1.165) is 17.7 Å². The van der Waals surface area contributed by atoms with Crippen molar-refractivity contribution in [3.63, 3.8) is 0 Å². The van der Waals surface area contributed by atoms with E-state index in [0.29, 0.717) is 37.3 Å². The number of rotatable bonds is 5. The van der Waals surface area contributed by atoms with Gasteiger partial charge in [-0.25, -0.2) is 0 Å². The van der Waals surface area contributed by atoms with Gasteiger partial charge in [-0.05, 0) is 36.3 Å². The van der Waals surface area contributed by atoms with E-state index in [-0.39, 0.29) is 17.7 Å². The molecule has 1 aliphatic heterocycles. The molecule has 1 saturated heterocycles. The summed E-state index contributed by atoms with van der Waals surface area (Å²) in [5.74, 6) is 0.233. The smallest absolute Gasteiger partial charge is 0.270 e. The predicted molar refractivity (Wildman–Crippen MR) is 99.8 cm³/mol. The summed E-state index contributed by atoms with van der Waals surface area (Å²) in [5.41, 5.74) is 1.02. The van der Waals surface area contributed by atoms with Gasteiger partial charge in [0, 0.05) is 37.8 Å². The molecule has 0 aromatic carbocycles. The van der Waals surface area contributed by atoms with Crippen molar-refractivity contribution in [2.24, 2.45) is 13.0 Å². The molecular weight excluding hydrogens is 348 g/mol. The summed E-state index contributed by atoms with van der Waals surface area (Å²) in [4.78, 5) is 27.7. The molecule has 1 fully saturated rings. The number of amides is 2. The molecule has 1 unspecified atom stereocenters. The molecule has 2 aromatic heterocycles. The molecule has 3 heterocycles. The van der Waals surface area contributed by atoms with Gasteiger partial charge in [0.2, 0.25) is 5.91 Å². The number of carbonyl (C=O) groups excluding carboxylic acids is 2. The Labute approximate surface area is 157 Å². The molecule has 0 bridgehead atoms. The SMILES string of the molecule is Cn1cc(C#N)cc1C(=O)N1CCCC(CNC(=O)Cc2cccs2)C1. The van der Waals surface area contributed by atoms with Crippen LogP contribution in [0.1, 0.15) is 33.8 Å². The molecule has 2 aromatic rings. The third kappa shape index (κ3) is 4.33. The molecule has 26 heavy (non-hydrogen) atoms. The van der Waals surface area contributed by atoms with Crippen LogP contribution < -0.4 is 5.32 Å². The molecule has 1 atom stereocenters. The van der Waals surface area contributed by atoms with Gasteiger partial charge >= 0.3 is 0 Å². The van der Waals surface area contributed by atoms with Crippen molar-refractivity contribution in [3.05, 3.63) is 45.9 Å². The maximum atomic E-state index is 12.8. The van der Waals surface area contributed by atoms with E-state index < -0.39 is 0 Å². The third-order valence-electron chi connectivity index (χ3n) is 4.66. The van der Waals surface area contributed by atoms with Crippen LogP contribution >= 0.6 is 11.3 Å². The van der Waals surface area contributed by atoms with Gasteiger partial charge in [-0.15, -0.1) is 11.3 Å². The summed E-state index contributed by atoms with van der Waals surface area (Å²) in [7, 11) is 1.78. The Balaban J connectivity index is 1.53. The number of aryl methyl sites for hydroxylation is 1. The average molecular weight is 370 g/mol. The van der Waals surface area contributed by atoms with Crippen LogP contribution in [0.3, 0.4) is 0 Å². The first-order chi connectivity index (χ1) is 12.6. The van der Waals surface area contributed by atoms with E-state index in [9.17, 15) is 9.59 Å². The van der Waals surface area contributed by atoms with Gasteiger partial charge in [-0.2, -0.15) is 5.26 Å². The fourth-order valence-corrected chi connectivity index (χ4v) is 4.01. The quantitative estimate of drug-likeness (QED) is 0.876. The van der Waals surface area contributed by atoms with E-state index in [1.165, 1.54) is 0 Å². The maximum absolute atomic E-state index is 12.8. The summed E-state index contributed by atoms with van der Waals surface area (Å²) in [6, 6.07) is 7.60. The topological polar surface area (TPSA) is 78.1 Å². The molecule has 1 N–H and O–H groups in total. The molecule has 0 radical (unpaired) electrons. The Kier molecular flexibility index (Phi) is 5.74. The predicted octanol–water partition coefficient (Wildman–Crippen LogP) is 2.17. The Morgan fingerprint density at radius 1 is 1.46 bits per heavy atom. The molecule has 0 saturated carbocycles. The summed E-state index contributed by atoms with van der Waals surface area (Å²) >= 11 is 1.58. The van der Waals surface area contributed by atoms with E-state index in [4.69, 9.17) is 5.26 Å². The van der Waals surface area contributed by atoms with E-state index >= 15 is 0 Å². The van der Waals surface area contributed by atoms with Crippen molar-refractivity contribution >= 4 is 23.2 Å². The highest BCUT2D eigenvalue weighted by Crippen LogP contribution is 2.19. The van der Waals surface area contributed by atoms with Gasteiger partial charge in [-0.3, -0.25) is 9.59 Å². The van der Waals surface area contributed by atoms with Crippen LogP contribution in [0.4, 0.5) is 0 Å². The highest BCUT2D eigenvalue weighted by molar-refractivity contribution is 7.10. The molecule has 0 aliphatic carbocycles. The monoisotopic (exact) mass is 370 g/mol. The van der Waals surface area contributed by atoms with E-state index in [1.54, 1.807) is 35.2 Å². The minimum absolute atomic E-state index is 0.0250. The van der Waals surface area contributed by atoms with Crippen LogP contribution in [0.2, 0.25) is 0 Å². The summed E-state index contributed by atoms with van der Waals surface area (Å²) in [5, 5.41) is 14.0. The lowest BCUT2D eigenvalue weighted by Crippen LogP contribution is -2.44. The molecule has 136 valence electrons. The first kappa shape index (κ1) is 18.2. The van der Waals surface area contributed by atoms with Gasteiger partial charge in [-0.1, -0.05) is 6.07 Å². The number of aromatic nitrogens is 1. The molecule has 6 nitrogen and oxygen atoms in total. The highest BCUT2D eigenvalue weighted by Gasteiger charge is 2.26. The number of hydrogen-bond acceptors (Lipinski definition) is 4. The van der Waals surface area contributed by atoms with E-state index in [2.05, 4.69) is 11.4 Å². The van der Waals surface area contributed by atoms with Crippen LogP contribution in [-0.2, 0) is 18.3 Å². The summed E-state index contributed by atoms with van der Waals surface area (Å²) in [6.07, 6.45) is 4.00. The lowest BCUT2D eigenvalue weighted by molar-refractivity contribution is -0.120. The number of carbonyl (C=O) groups is 2. The van der Waals surface area contributed by atoms with Crippen LogP contribution in [0, 0.1) is 17.2 Å². The minimum atomic E-state index is -0.0522. The van der Waals surface area contributed by atoms with Gasteiger partial charge < -0.3 is 14.8 Å². The second-order valence-corrected chi connectivity index (χ2v) is 7.69. The van der Waals surface area contributed by atoms with Crippen molar-refractivity contribution in [2.75, 3.05) is 19.6 Å². The molecule has 1 aliphatic rings. The summed E-state index contributed by atoms with van der Waals surface area (Å²) in [6.45, 7) is 1.93. The van der Waals surface area contributed by atoms with Crippen molar-refractivity contribution in [1.82, 2.24) is 14.8 Å². The average Bonchev–Trinajstić information content (AvgIpc) is 3.29. The van der Waals surface area contributed by atoms with Crippen LogP contribution in [0.15, 0.2) is 29.8 Å². The number of piperidine rings is 1. The van der Waals surface area contributed by atoms with Crippen molar-refractivity contribution in [3.8, 4) is 6.07 Å². The number of likely N-dealkylation sites (tertiary alicyclic amines) is 1. The van der Waals surface area contributed by atoms with Crippen LogP contribution in [-0.4, -0.2) is 40.9 Å². The van der Waals surface area contributed by atoms with E-state index in [1.807, 2.05) is 22.4 Å². The largest absolute Gasteiger partial charge is 0.355 e. The van der Waals surface area contributed by atoms with Gasteiger partial charge in [0.15, 0.2) is 0 Å². The Morgan fingerprint density at radius 2 is 2.31 bits per heavy atom. The number of nitrogens with zero attached hydrogens (tertiary/aromatic N) is 3. The normalized spacial score (nSPS) is 16.9. The first-order valence-corrected chi connectivity index (χ1v) is 9.59. The molecular formula is C19H22N4O2S. The Hall–Kier alpha value is -2.59. The van der Waals surface area contributed by atoms with Crippen molar-refractivity contribution in [1.29, 1.82) is 5.26 Å². The molecule has 0 spiro atoms. The number of nitrogens with one attached hydrogen (secondary N) is 1. The minimum Gasteiger partial charge on any atom is -0.355 e. The zero-order valence-corrected chi connectivity index (χ0v) is 15.6. The highest BCUT2D eigenvalue weighted by atomic mass is 32.1. The van der Waals surface area contributed by atoms with Gasteiger partial charge in [0.25, 0.3) is 5.91 Å². The zero-order valence-electron chi connectivity index (χ0n) is 14.8. The van der Waals surface area contributed by atoms with Crippen molar-refractivity contribution in [2.45, 2.75) is 19.3 Å². The lowest BCUT2D eigenvalue weighted by Gasteiger charge is -2.33. The van der Waals surface area contributed by atoms with Gasteiger partial charge in [0.1, 0.15) is 11.8 Å². The Morgan fingerprint density at radius 3 is 3.00 bits per heavy atom. The lowest BCUT2D eigenvalue weighted by atomic mass is 9.97. The second kappa shape index (κ2) is 8.19. The fourth-order valence-electron chi connectivity index (χ4n) is 3.31. The van der Waals surface area contributed by atoms with Crippen LogP contribution in [0.25, 0.3) is 0 Å². The zero-order chi connectivity index (χ0) is 18.5. The third-order valence-corrected chi connectivity index (χ3v) is 5.54. The first-order valence-electron chi connectivity index (χ1n) is 8.71. The molecule has 2 amide bonds. The fraction of sp³-hybridized carbons (Fsp3) is 0.421. The number of nitriles is 1. The van der Waals surface area contributed by atoms with Crippen molar-refractivity contribution < 1.29 is 9.59 Å². The molecule has 3 rings (SSSR count). The van der Waals surface area contributed by atoms with Crippen LogP contribution in [0.5, 0.6) is 0 Å². The number of hydrogen-bond donors (Lipinski definition) is 1. The Bertz CT molecular complexity index is 819. The van der Waals surface area contributed by atoms with Gasteiger partial charge in [0.05, 0.1) is 12.0 Å². The standard InChI is InChI=1S/C19H22N4O2S/c1-22-12-15(10-20)8-17(22)19(25)23-6-2-4-14(13-23)11-21-18(24)9-16-5-3-7-26-16/h3,5,7-8,12,14H,2,4,6,9,11,13H2,1H3,(H,21,24). The molecule has 7 heteroatoms. The number of thiophene rings is 1. The summed E-state index contributed by atoms with van der Waals surface area (Å²) < 4.78 is 1.70. The second-order valence-electron chi connectivity index (χ2n) is 6.66.